The van der Waals surface area contributed by atoms with Crippen LogP contribution in [0.5, 0.6) is 5.75 Å². The summed E-state index contributed by atoms with van der Waals surface area (Å²) in [6.07, 6.45) is 1.46. The molecule has 3 rings (SSSR count). The lowest BCUT2D eigenvalue weighted by atomic mass is 10.2. The van der Waals surface area contributed by atoms with Gasteiger partial charge in [0.2, 0.25) is 0 Å². The minimum atomic E-state index is -0.296. The Kier molecular flexibility index (Phi) is 3.16. The molecule has 0 radical (unpaired) electrons. The van der Waals surface area contributed by atoms with Crippen LogP contribution in [0, 0.1) is 5.82 Å². The molecule has 1 aromatic heterocycles. The topological polar surface area (TPSA) is 47.0 Å². The third kappa shape index (κ3) is 2.38. The van der Waals surface area contributed by atoms with Gasteiger partial charge in [0.05, 0.1) is 12.6 Å². The lowest BCUT2D eigenvalue weighted by molar-refractivity contribution is 0.415. The molecule has 2 aromatic carbocycles. The van der Waals surface area contributed by atoms with Crippen LogP contribution < -0.4 is 10.1 Å². The van der Waals surface area contributed by atoms with Crippen LogP contribution in [-0.2, 0) is 0 Å². The van der Waals surface area contributed by atoms with Crippen molar-refractivity contribution in [3.05, 3.63) is 54.6 Å². The molecule has 4 nitrogen and oxygen atoms in total. The van der Waals surface area contributed by atoms with Crippen LogP contribution in [-0.4, -0.2) is 17.1 Å². The highest BCUT2D eigenvalue weighted by Crippen LogP contribution is 2.26. The van der Waals surface area contributed by atoms with Crippen molar-refractivity contribution in [2.24, 2.45) is 0 Å². The zero-order valence-electron chi connectivity index (χ0n) is 10.8. The van der Waals surface area contributed by atoms with E-state index in [4.69, 9.17) is 4.74 Å². The van der Waals surface area contributed by atoms with E-state index in [1.807, 2.05) is 18.2 Å². The molecule has 0 fully saturated rings. The number of fused-ring (bicyclic) bond motifs is 1. The summed E-state index contributed by atoms with van der Waals surface area (Å²) in [6.45, 7) is 0. The van der Waals surface area contributed by atoms with Crippen LogP contribution in [0.1, 0.15) is 0 Å². The summed E-state index contributed by atoms with van der Waals surface area (Å²) in [5, 5.41) is 3.94. The Bertz CT molecular complexity index is 761. The van der Waals surface area contributed by atoms with E-state index in [-0.39, 0.29) is 5.82 Å². The molecule has 0 aliphatic rings. The largest absolute Gasteiger partial charge is 0.497 e. The van der Waals surface area contributed by atoms with Crippen LogP contribution in [0.2, 0.25) is 0 Å². The molecule has 100 valence electrons. The molecule has 1 heterocycles. The summed E-state index contributed by atoms with van der Waals surface area (Å²) in [6, 6.07) is 11.8. The molecular weight excluding hydrogens is 257 g/mol. The maximum absolute atomic E-state index is 13.2. The molecule has 0 unspecified atom stereocenters. The Morgan fingerprint density at radius 1 is 1.10 bits per heavy atom. The van der Waals surface area contributed by atoms with Crippen molar-refractivity contribution >= 4 is 22.4 Å². The number of anilines is 2. The summed E-state index contributed by atoms with van der Waals surface area (Å²) >= 11 is 0. The van der Waals surface area contributed by atoms with E-state index in [2.05, 4.69) is 15.3 Å². The number of hydrogen-bond donors (Lipinski definition) is 1. The van der Waals surface area contributed by atoms with Crippen molar-refractivity contribution in [1.29, 1.82) is 0 Å². The summed E-state index contributed by atoms with van der Waals surface area (Å²) in [4.78, 5) is 8.41. The van der Waals surface area contributed by atoms with Gasteiger partial charge >= 0.3 is 0 Å². The van der Waals surface area contributed by atoms with Crippen LogP contribution >= 0.6 is 0 Å². The number of halogens is 1. The van der Waals surface area contributed by atoms with Crippen LogP contribution in [0.4, 0.5) is 15.9 Å². The average Bonchev–Trinajstić information content (AvgIpc) is 2.47. The Balaban J connectivity index is 2.03. The predicted octanol–water partition coefficient (Wildman–Crippen LogP) is 3.52. The number of methoxy groups -OCH3 is 1. The number of nitrogens with zero attached hydrogens (tertiary/aromatic N) is 2. The zero-order valence-corrected chi connectivity index (χ0v) is 10.8. The van der Waals surface area contributed by atoms with E-state index >= 15 is 0 Å². The van der Waals surface area contributed by atoms with Crippen molar-refractivity contribution in [2.45, 2.75) is 0 Å². The van der Waals surface area contributed by atoms with Crippen molar-refractivity contribution in [3.63, 3.8) is 0 Å². The van der Waals surface area contributed by atoms with Gasteiger partial charge in [-0.25, -0.2) is 14.4 Å². The second-order valence-electron chi connectivity index (χ2n) is 4.24. The van der Waals surface area contributed by atoms with E-state index in [0.29, 0.717) is 11.5 Å². The highest BCUT2D eigenvalue weighted by molar-refractivity contribution is 5.91. The first kappa shape index (κ1) is 12.3. The fourth-order valence-electron chi connectivity index (χ4n) is 1.97. The summed E-state index contributed by atoms with van der Waals surface area (Å²) in [5.74, 6) is 1.06. The highest BCUT2D eigenvalue weighted by atomic mass is 19.1. The highest BCUT2D eigenvalue weighted by Gasteiger charge is 2.05. The van der Waals surface area contributed by atoms with E-state index in [0.717, 1.165) is 16.7 Å². The lowest BCUT2D eigenvalue weighted by Gasteiger charge is -2.09. The number of benzene rings is 2. The molecule has 0 bridgehead atoms. The van der Waals surface area contributed by atoms with Gasteiger partial charge in [0.15, 0.2) is 0 Å². The van der Waals surface area contributed by atoms with Crippen LogP contribution in [0.15, 0.2) is 48.8 Å². The maximum atomic E-state index is 13.2. The number of aromatic nitrogens is 2. The molecule has 0 aliphatic carbocycles. The fraction of sp³-hybridized carbons (Fsp3) is 0.0667. The normalized spacial score (nSPS) is 10.5. The quantitative estimate of drug-likeness (QED) is 0.790. The smallest absolute Gasteiger partial charge is 0.141 e. The molecule has 0 amide bonds. The van der Waals surface area contributed by atoms with Gasteiger partial charge in [-0.15, -0.1) is 0 Å². The molecular formula is C15H12FN3O. The van der Waals surface area contributed by atoms with Gasteiger partial charge in [0, 0.05) is 17.1 Å². The summed E-state index contributed by atoms with van der Waals surface area (Å²) in [7, 11) is 1.61. The average molecular weight is 269 g/mol. The van der Waals surface area contributed by atoms with Gasteiger partial charge in [-0.1, -0.05) is 6.07 Å². The standard InChI is InChI=1S/C15H12FN3O/c1-20-12-5-6-13-14(8-12)17-9-18-15(13)19-11-4-2-3-10(16)7-11/h2-9H,1H3,(H,17,18,19). The fourth-order valence-corrected chi connectivity index (χ4v) is 1.97. The van der Waals surface area contributed by atoms with Crippen molar-refractivity contribution in [1.82, 2.24) is 9.97 Å². The lowest BCUT2D eigenvalue weighted by Crippen LogP contribution is -1.96. The van der Waals surface area contributed by atoms with E-state index < -0.39 is 0 Å². The minimum Gasteiger partial charge on any atom is -0.497 e. The van der Waals surface area contributed by atoms with E-state index in [1.54, 1.807) is 19.2 Å². The molecule has 0 spiro atoms. The summed E-state index contributed by atoms with van der Waals surface area (Å²) in [5.41, 5.74) is 1.40. The number of nitrogens with one attached hydrogen (secondary N) is 1. The van der Waals surface area contributed by atoms with Crippen LogP contribution in [0.3, 0.4) is 0 Å². The molecule has 0 saturated carbocycles. The second-order valence-corrected chi connectivity index (χ2v) is 4.24. The second kappa shape index (κ2) is 5.13. The third-order valence-corrected chi connectivity index (χ3v) is 2.93. The van der Waals surface area contributed by atoms with Crippen molar-refractivity contribution in [3.8, 4) is 5.75 Å². The van der Waals surface area contributed by atoms with Crippen molar-refractivity contribution in [2.75, 3.05) is 12.4 Å². The first-order chi connectivity index (χ1) is 9.76. The first-order valence-electron chi connectivity index (χ1n) is 6.07. The molecule has 0 saturated heterocycles. The SMILES string of the molecule is COc1ccc2c(Nc3cccc(F)c3)ncnc2c1. The van der Waals surface area contributed by atoms with Gasteiger partial charge in [0.25, 0.3) is 0 Å². The van der Waals surface area contributed by atoms with Gasteiger partial charge < -0.3 is 10.1 Å². The predicted molar refractivity (Wildman–Crippen MR) is 75.8 cm³/mol. The Labute approximate surface area is 115 Å². The third-order valence-electron chi connectivity index (χ3n) is 2.93. The maximum Gasteiger partial charge on any atom is 0.141 e. The van der Waals surface area contributed by atoms with Gasteiger partial charge in [0.1, 0.15) is 23.7 Å². The van der Waals surface area contributed by atoms with E-state index in [1.165, 1.54) is 18.5 Å². The number of rotatable bonds is 3. The van der Waals surface area contributed by atoms with Gasteiger partial charge in [-0.3, -0.25) is 0 Å². The zero-order chi connectivity index (χ0) is 13.9. The monoisotopic (exact) mass is 269 g/mol. The number of ether oxygens (including phenoxy) is 1. The van der Waals surface area contributed by atoms with Gasteiger partial charge in [-0.05, 0) is 30.3 Å². The Hall–Kier alpha value is -2.69. The van der Waals surface area contributed by atoms with E-state index in [9.17, 15) is 4.39 Å². The van der Waals surface area contributed by atoms with Crippen LogP contribution in [0.25, 0.3) is 10.9 Å². The molecule has 0 aliphatic heterocycles. The molecule has 20 heavy (non-hydrogen) atoms. The Morgan fingerprint density at radius 2 is 2.00 bits per heavy atom. The molecule has 1 N–H and O–H groups in total. The molecule has 5 heteroatoms. The summed E-state index contributed by atoms with van der Waals surface area (Å²) < 4.78 is 18.4. The van der Waals surface area contributed by atoms with Gasteiger partial charge in [-0.2, -0.15) is 0 Å². The Morgan fingerprint density at radius 3 is 2.80 bits per heavy atom. The number of hydrogen-bond acceptors (Lipinski definition) is 4. The van der Waals surface area contributed by atoms with Crippen molar-refractivity contribution < 1.29 is 9.13 Å². The first-order valence-corrected chi connectivity index (χ1v) is 6.07. The minimum absolute atomic E-state index is 0.296. The molecule has 3 aromatic rings. The molecule has 0 atom stereocenters.